The van der Waals surface area contributed by atoms with Crippen LogP contribution < -0.4 is 16.0 Å². The topological polar surface area (TPSA) is 115 Å². The highest BCUT2D eigenvalue weighted by atomic mass is 32.2. The molecule has 4 N–H and O–H groups in total. The third-order valence-corrected chi connectivity index (χ3v) is 3.94. The molecule has 0 bridgehead atoms. The lowest BCUT2D eigenvalue weighted by atomic mass is 10.4. The lowest BCUT2D eigenvalue weighted by Gasteiger charge is -2.06. The molecule has 0 aliphatic heterocycles. The number of hydrogen-bond donors (Lipinski definition) is 3. The van der Waals surface area contributed by atoms with Crippen LogP contribution in [0.1, 0.15) is 19.9 Å². The van der Waals surface area contributed by atoms with Crippen LogP contribution in [0.5, 0.6) is 0 Å². The van der Waals surface area contributed by atoms with Gasteiger partial charge in [0.15, 0.2) is 0 Å². The number of nitrogens with one attached hydrogen (secondary N) is 2. The van der Waals surface area contributed by atoms with Crippen molar-refractivity contribution in [2.24, 2.45) is 5.84 Å². The molecule has 20 heavy (non-hydrogen) atoms. The number of pyridine rings is 1. The van der Waals surface area contributed by atoms with Crippen LogP contribution in [-0.2, 0) is 10.0 Å². The van der Waals surface area contributed by atoms with Crippen LogP contribution in [0.4, 0.5) is 11.5 Å². The van der Waals surface area contributed by atoms with Crippen molar-refractivity contribution in [2.45, 2.75) is 24.8 Å². The molecule has 0 saturated carbocycles. The SMILES string of the molecule is CC(C)n1cc(NS(=O)(=O)c2ccc(NN)nc2)cn1. The van der Waals surface area contributed by atoms with Gasteiger partial charge in [0.1, 0.15) is 10.7 Å². The molecule has 8 nitrogen and oxygen atoms in total. The van der Waals surface area contributed by atoms with Crippen molar-refractivity contribution in [3.05, 3.63) is 30.7 Å². The van der Waals surface area contributed by atoms with E-state index in [4.69, 9.17) is 5.84 Å². The maximum atomic E-state index is 12.1. The number of aromatic nitrogens is 3. The molecule has 0 amide bonds. The molecule has 0 saturated heterocycles. The number of nitrogens with two attached hydrogens (primary N) is 1. The van der Waals surface area contributed by atoms with Crippen molar-refractivity contribution in [3.63, 3.8) is 0 Å². The second-order valence-corrected chi connectivity index (χ2v) is 6.11. The fraction of sp³-hybridized carbons (Fsp3) is 0.273. The number of sulfonamides is 1. The van der Waals surface area contributed by atoms with Crippen LogP contribution in [-0.4, -0.2) is 23.2 Å². The number of hydrazine groups is 1. The zero-order valence-corrected chi connectivity index (χ0v) is 11.9. The molecule has 0 aliphatic rings. The van der Waals surface area contributed by atoms with Crippen LogP contribution in [0.15, 0.2) is 35.6 Å². The van der Waals surface area contributed by atoms with Crippen LogP contribution in [0.3, 0.4) is 0 Å². The molecule has 0 radical (unpaired) electrons. The Hall–Kier alpha value is -2.13. The maximum absolute atomic E-state index is 12.1. The Morgan fingerprint density at radius 1 is 1.30 bits per heavy atom. The van der Waals surface area contributed by atoms with E-state index in [2.05, 4.69) is 20.2 Å². The predicted octanol–water partition coefficient (Wildman–Crippen LogP) is 0.945. The van der Waals surface area contributed by atoms with Gasteiger partial charge in [-0.15, -0.1) is 0 Å². The van der Waals surface area contributed by atoms with Crippen LogP contribution >= 0.6 is 0 Å². The average Bonchev–Trinajstić information content (AvgIpc) is 2.87. The van der Waals surface area contributed by atoms with E-state index < -0.39 is 10.0 Å². The Morgan fingerprint density at radius 2 is 2.05 bits per heavy atom. The number of rotatable bonds is 5. The largest absolute Gasteiger partial charge is 0.308 e. The summed E-state index contributed by atoms with van der Waals surface area (Å²) >= 11 is 0. The smallest absolute Gasteiger partial charge is 0.263 e. The van der Waals surface area contributed by atoms with Gasteiger partial charge in [-0.05, 0) is 26.0 Å². The lowest BCUT2D eigenvalue weighted by Crippen LogP contribution is -2.14. The molecule has 2 heterocycles. The highest BCUT2D eigenvalue weighted by Gasteiger charge is 2.16. The van der Waals surface area contributed by atoms with E-state index >= 15 is 0 Å². The summed E-state index contributed by atoms with van der Waals surface area (Å²) in [6.45, 7) is 3.90. The minimum atomic E-state index is -3.69. The van der Waals surface area contributed by atoms with E-state index in [1.54, 1.807) is 10.9 Å². The van der Waals surface area contributed by atoms with Gasteiger partial charge in [0.2, 0.25) is 0 Å². The summed E-state index contributed by atoms with van der Waals surface area (Å²) in [5.41, 5.74) is 2.73. The maximum Gasteiger partial charge on any atom is 0.263 e. The lowest BCUT2D eigenvalue weighted by molar-refractivity contribution is 0.532. The van der Waals surface area contributed by atoms with Crippen molar-refractivity contribution in [2.75, 3.05) is 10.1 Å². The molecule has 0 aromatic carbocycles. The van der Waals surface area contributed by atoms with Gasteiger partial charge in [-0.2, -0.15) is 5.10 Å². The zero-order chi connectivity index (χ0) is 14.8. The Balaban J connectivity index is 2.21. The molecule has 0 aliphatic carbocycles. The summed E-state index contributed by atoms with van der Waals surface area (Å²) in [7, 11) is -3.69. The molecule has 2 rings (SSSR count). The summed E-state index contributed by atoms with van der Waals surface area (Å²) in [6, 6.07) is 3.05. The zero-order valence-electron chi connectivity index (χ0n) is 11.1. The first kappa shape index (κ1) is 14.3. The minimum absolute atomic E-state index is 0.0498. The Kier molecular flexibility index (Phi) is 3.91. The molecular weight excluding hydrogens is 280 g/mol. The average molecular weight is 296 g/mol. The Morgan fingerprint density at radius 3 is 2.55 bits per heavy atom. The van der Waals surface area contributed by atoms with E-state index in [0.29, 0.717) is 11.5 Å². The van der Waals surface area contributed by atoms with Crippen LogP contribution in [0.25, 0.3) is 0 Å². The number of anilines is 2. The standard InChI is InChI=1S/C11H16N6O2S/c1-8(2)17-7-9(5-14-17)16-20(18,19)10-3-4-11(15-12)13-6-10/h3-8,16H,12H2,1-2H3,(H,13,15). The van der Waals surface area contributed by atoms with Crippen molar-refractivity contribution in [1.82, 2.24) is 14.8 Å². The molecule has 0 spiro atoms. The van der Waals surface area contributed by atoms with Crippen LogP contribution in [0, 0.1) is 0 Å². The molecule has 2 aromatic rings. The molecule has 9 heteroatoms. The van der Waals surface area contributed by atoms with Gasteiger partial charge in [-0.1, -0.05) is 0 Å². The van der Waals surface area contributed by atoms with Gasteiger partial charge in [-0.3, -0.25) is 9.40 Å². The van der Waals surface area contributed by atoms with E-state index in [0.717, 1.165) is 0 Å². The van der Waals surface area contributed by atoms with Gasteiger partial charge in [-0.25, -0.2) is 19.2 Å². The van der Waals surface area contributed by atoms with Gasteiger partial charge >= 0.3 is 0 Å². The summed E-state index contributed by atoms with van der Waals surface area (Å²) in [5.74, 6) is 5.56. The first-order valence-corrected chi connectivity index (χ1v) is 7.40. The van der Waals surface area contributed by atoms with Crippen molar-refractivity contribution < 1.29 is 8.42 Å². The van der Waals surface area contributed by atoms with E-state index in [-0.39, 0.29) is 10.9 Å². The number of hydrogen-bond acceptors (Lipinski definition) is 6. The molecule has 0 atom stereocenters. The van der Waals surface area contributed by atoms with Crippen molar-refractivity contribution >= 4 is 21.5 Å². The van der Waals surface area contributed by atoms with Gasteiger partial charge in [0.05, 0.1) is 11.9 Å². The van der Waals surface area contributed by atoms with Crippen molar-refractivity contribution in [1.29, 1.82) is 0 Å². The fourth-order valence-corrected chi connectivity index (χ4v) is 2.48. The minimum Gasteiger partial charge on any atom is -0.308 e. The Labute approximate surface area is 117 Å². The second-order valence-electron chi connectivity index (χ2n) is 4.43. The summed E-state index contributed by atoms with van der Waals surface area (Å²) < 4.78 is 28.4. The van der Waals surface area contributed by atoms with Gasteiger partial charge in [0.25, 0.3) is 10.0 Å². The molecule has 0 fully saturated rings. The highest BCUT2D eigenvalue weighted by molar-refractivity contribution is 7.92. The molecule has 2 aromatic heterocycles. The fourth-order valence-electron chi connectivity index (χ4n) is 1.51. The van der Waals surface area contributed by atoms with Gasteiger partial charge in [0, 0.05) is 18.4 Å². The third kappa shape index (κ3) is 3.06. The van der Waals surface area contributed by atoms with Crippen LogP contribution in [0.2, 0.25) is 0 Å². The summed E-state index contributed by atoms with van der Waals surface area (Å²) in [5, 5.41) is 4.07. The first-order chi connectivity index (χ1) is 9.42. The number of nitrogen functional groups attached to an aromatic ring is 1. The van der Waals surface area contributed by atoms with E-state index in [1.807, 2.05) is 13.8 Å². The van der Waals surface area contributed by atoms with Crippen molar-refractivity contribution in [3.8, 4) is 0 Å². The Bertz CT molecular complexity index is 677. The third-order valence-electron chi connectivity index (χ3n) is 2.58. The molecule has 108 valence electrons. The number of nitrogens with zero attached hydrogens (tertiary/aromatic N) is 3. The summed E-state index contributed by atoms with van der Waals surface area (Å²) in [6.07, 6.45) is 4.32. The summed E-state index contributed by atoms with van der Waals surface area (Å²) in [4.78, 5) is 3.91. The first-order valence-electron chi connectivity index (χ1n) is 5.92. The van der Waals surface area contributed by atoms with E-state index in [9.17, 15) is 8.42 Å². The normalized spacial score (nSPS) is 11.6. The quantitative estimate of drug-likeness (QED) is 0.559. The molecule has 0 unspecified atom stereocenters. The highest BCUT2D eigenvalue weighted by Crippen LogP contribution is 2.17. The monoisotopic (exact) mass is 296 g/mol. The predicted molar refractivity (Wildman–Crippen MR) is 75.5 cm³/mol. The van der Waals surface area contributed by atoms with Gasteiger partial charge < -0.3 is 5.43 Å². The van der Waals surface area contributed by atoms with E-state index in [1.165, 1.54) is 24.5 Å². The second kappa shape index (κ2) is 5.47. The molecular formula is C11H16N6O2S.